The van der Waals surface area contributed by atoms with Crippen LogP contribution in [0.15, 0.2) is 59.8 Å². The summed E-state index contributed by atoms with van der Waals surface area (Å²) in [5, 5.41) is 11.9. The van der Waals surface area contributed by atoms with Gasteiger partial charge >= 0.3 is 0 Å². The van der Waals surface area contributed by atoms with Crippen LogP contribution in [0.1, 0.15) is 34.7 Å². The molecule has 3 N–H and O–H groups in total. The summed E-state index contributed by atoms with van der Waals surface area (Å²) in [5.41, 5.74) is 0.477. The summed E-state index contributed by atoms with van der Waals surface area (Å²) in [6.45, 7) is 0.766. The third-order valence-corrected chi connectivity index (χ3v) is 7.24. The summed E-state index contributed by atoms with van der Waals surface area (Å²) < 4.78 is 66.5. The summed E-state index contributed by atoms with van der Waals surface area (Å²) in [4.78, 5) is 18.8. The van der Waals surface area contributed by atoms with Gasteiger partial charge in [0.1, 0.15) is 33.7 Å². The van der Waals surface area contributed by atoms with E-state index in [9.17, 15) is 26.4 Å². The Morgan fingerprint density at radius 2 is 1.68 bits per heavy atom. The summed E-state index contributed by atoms with van der Waals surface area (Å²) in [6.07, 6.45) is 3.38. The van der Waals surface area contributed by atoms with Gasteiger partial charge in [-0.25, -0.2) is 31.7 Å². The lowest BCUT2D eigenvalue weighted by Crippen LogP contribution is -2.38. The maximum Gasteiger partial charge on any atom is 0.259 e. The molecule has 0 spiro atoms. The van der Waals surface area contributed by atoms with Crippen molar-refractivity contribution in [1.82, 2.24) is 19.5 Å². The van der Waals surface area contributed by atoms with Gasteiger partial charge in [-0.3, -0.25) is 4.79 Å². The number of fused-ring (bicyclic) bond motifs is 1. The lowest BCUT2D eigenvalue weighted by molar-refractivity contribution is 0.0713. The maximum absolute atomic E-state index is 14.5. The number of benzene rings is 2. The molecular formula is C24H21F3N6O3S. The van der Waals surface area contributed by atoms with Crippen LogP contribution in [0.25, 0.3) is 5.65 Å². The molecule has 2 aromatic carbocycles. The second-order valence-corrected chi connectivity index (χ2v) is 10.2. The molecule has 3 heterocycles. The molecule has 1 aliphatic rings. The number of hydrogen-bond acceptors (Lipinski definition) is 6. The minimum atomic E-state index is -4.21. The summed E-state index contributed by atoms with van der Waals surface area (Å²) >= 11 is 0. The van der Waals surface area contributed by atoms with Gasteiger partial charge < -0.3 is 10.2 Å². The molecule has 0 aliphatic carbocycles. The molecule has 1 saturated heterocycles. The predicted molar refractivity (Wildman–Crippen MR) is 128 cm³/mol. The number of piperidine rings is 1. The average Bonchev–Trinajstić information content (AvgIpc) is 3.32. The topological polar surface area (TPSA) is 123 Å². The number of anilines is 2. The number of likely N-dealkylation sites (tertiary alicyclic amines) is 1. The van der Waals surface area contributed by atoms with Gasteiger partial charge in [0.25, 0.3) is 5.91 Å². The lowest BCUT2D eigenvalue weighted by Gasteiger charge is -2.32. The van der Waals surface area contributed by atoms with Crippen molar-refractivity contribution in [2.45, 2.75) is 23.7 Å². The Balaban J connectivity index is 1.50. The smallest absolute Gasteiger partial charge is 0.259 e. The fraction of sp³-hybridized carbons (Fsp3) is 0.208. The molecule has 1 aliphatic heterocycles. The molecule has 0 radical (unpaired) electrons. The Morgan fingerprint density at radius 3 is 2.35 bits per heavy atom. The van der Waals surface area contributed by atoms with Crippen LogP contribution in [0.5, 0.6) is 0 Å². The van der Waals surface area contributed by atoms with Gasteiger partial charge in [-0.15, -0.1) is 0 Å². The van der Waals surface area contributed by atoms with Gasteiger partial charge in [-0.1, -0.05) is 12.1 Å². The molecule has 9 nitrogen and oxygen atoms in total. The Morgan fingerprint density at radius 1 is 1.00 bits per heavy atom. The maximum atomic E-state index is 14.5. The van der Waals surface area contributed by atoms with E-state index < -0.39 is 32.5 Å². The summed E-state index contributed by atoms with van der Waals surface area (Å²) in [5.74, 6) is -2.26. The fourth-order valence-corrected chi connectivity index (χ4v) is 5.02. The second-order valence-electron chi connectivity index (χ2n) is 8.68. The van der Waals surface area contributed by atoms with Crippen LogP contribution in [0, 0.1) is 17.5 Å². The molecule has 2 aromatic heterocycles. The highest BCUT2D eigenvalue weighted by atomic mass is 32.2. The highest BCUT2D eigenvalue weighted by Crippen LogP contribution is 2.31. The third-order valence-electron chi connectivity index (χ3n) is 6.34. The molecule has 192 valence electrons. The standard InChI is InChI=1S/C24H21F3N6O3S/c25-16-3-1-14(2-4-16)15-7-9-32(10-8-15)24(34)18-12-29-23-21(37(28,35)36)13-30-33(23)22(18)31-20-11-17(26)5-6-19(20)27/h1-6,11-13,15,31H,7-10H2,(H2,28,35,36). The number of carbonyl (C=O) groups excluding carboxylic acids is 1. The highest BCUT2D eigenvalue weighted by molar-refractivity contribution is 7.89. The number of nitrogens with one attached hydrogen (secondary N) is 1. The van der Waals surface area contributed by atoms with E-state index in [1.54, 1.807) is 17.0 Å². The van der Waals surface area contributed by atoms with Crippen molar-refractivity contribution in [1.29, 1.82) is 0 Å². The van der Waals surface area contributed by atoms with Crippen molar-refractivity contribution in [3.63, 3.8) is 0 Å². The minimum Gasteiger partial charge on any atom is -0.338 e. The van der Waals surface area contributed by atoms with Crippen molar-refractivity contribution < 1.29 is 26.4 Å². The molecule has 5 rings (SSSR count). The van der Waals surface area contributed by atoms with E-state index in [0.29, 0.717) is 25.9 Å². The first-order valence-corrected chi connectivity index (χ1v) is 12.8. The summed E-state index contributed by atoms with van der Waals surface area (Å²) in [6, 6.07) is 9.00. The van der Waals surface area contributed by atoms with Crippen molar-refractivity contribution in [3.8, 4) is 0 Å². The zero-order valence-corrected chi connectivity index (χ0v) is 20.1. The quantitative estimate of drug-likeness (QED) is 0.407. The molecule has 0 saturated carbocycles. The lowest BCUT2D eigenvalue weighted by atomic mass is 9.89. The number of nitrogens with zero attached hydrogens (tertiary/aromatic N) is 4. The van der Waals surface area contributed by atoms with Crippen LogP contribution in [-0.2, 0) is 10.0 Å². The van der Waals surface area contributed by atoms with Gasteiger partial charge in [-0.2, -0.15) is 9.61 Å². The van der Waals surface area contributed by atoms with Crippen molar-refractivity contribution in [3.05, 3.63) is 83.4 Å². The Bertz CT molecular complexity index is 1600. The van der Waals surface area contributed by atoms with Crippen molar-refractivity contribution >= 4 is 33.1 Å². The molecule has 4 aromatic rings. The zero-order chi connectivity index (χ0) is 26.3. The predicted octanol–water partition coefficient (Wildman–Crippen LogP) is 3.56. The van der Waals surface area contributed by atoms with Crippen LogP contribution in [0.2, 0.25) is 0 Å². The van der Waals surface area contributed by atoms with E-state index in [0.717, 1.165) is 40.7 Å². The van der Waals surface area contributed by atoms with Crippen LogP contribution in [0.3, 0.4) is 0 Å². The van der Waals surface area contributed by atoms with Gasteiger partial charge in [-0.05, 0) is 48.6 Å². The number of hydrogen-bond donors (Lipinski definition) is 2. The molecular weight excluding hydrogens is 509 g/mol. The third kappa shape index (κ3) is 4.87. The van der Waals surface area contributed by atoms with Crippen LogP contribution >= 0.6 is 0 Å². The number of primary sulfonamides is 1. The van der Waals surface area contributed by atoms with Crippen LogP contribution in [0.4, 0.5) is 24.7 Å². The number of halogens is 3. The normalized spacial score (nSPS) is 14.8. The fourth-order valence-electron chi connectivity index (χ4n) is 4.43. The molecule has 37 heavy (non-hydrogen) atoms. The largest absolute Gasteiger partial charge is 0.338 e. The van der Waals surface area contributed by atoms with Gasteiger partial charge in [0.2, 0.25) is 10.0 Å². The van der Waals surface area contributed by atoms with Crippen molar-refractivity contribution in [2.24, 2.45) is 5.14 Å². The molecule has 0 bridgehead atoms. The number of carbonyl (C=O) groups is 1. The number of sulfonamides is 1. The molecule has 0 unspecified atom stereocenters. The van der Waals surface area contributed by atoms with Gasteiger partial charge in [0.05, 0.1) is 11.9 Å². The van der Waals surface area contributed by atoms with Crippen LogP contribution < -0.4 is 10.5 Å². The SMILES string of the molecule is NS(=O)(=O)c1cnn2c(Nc3cc(F)ccc3F)c(C(=O)N3CCC(c4ccc(F)cc4)CC3)cnc12. The zero-order valence-electron chi connectivity index (χ0n) is 19.2. The number of amides is 1. The minimum absolute atomic E-state index is 0.0273. The number of aromatic nitrogens is 3. The average molecular weight is 531 g/mol. The Kier molecular flexibility index (Phi) is 6.33. The van der Waals surface area contributed by atoms with Gasteiger partial charge in [0.15, 0.2) is 5.65 Å². The van der Waals surface area contributed by atoms with E-state index in [2.05, 4.69) is 15.4 Å². The molecule has 1 fully saturated rings. The first kappa shape index (κ1) is 24.7. The van der Waals surface area contributed by atoms with Crippen molar-refractivity contribution in [2.75, 3.05) is 18.4 Å². The van der Waals surface area contributed by atoms with Crippen LogP contribution in [-0.4, -0.2) is 46.9 Å². The first-order chi connectivity index (χ1) is 17.6. The molecule has 0 atom stereocenters. The van der Waals surface area contributed by atoms with E-state index in [4.69, 9.17) is 5.14 Å². The van der Waals surface area contributed by atoms with E-state index in [1.165, 1.54) is 12.1 Å². The van der Waals surface area contributed by atoms with E-state index >= 15 is 0 Å². The Labute approximate surface area is 209 Å². The number of rotatable bonds is 5. The first-order valence-electron chi connectivity index (χ1n) is 11.3. The number of nitrogens with two attached hydrogens (primary N) is 1. The van der Waals surface area contributed by atoms with E-state index in [-0.39, 0.29) is 34.5 Å². The van der Waals surface area contributed by atoms with Gasteiger partial charge in [0, 0.05) is 25.4 Å². The molecule has 1 amide bonds. The molecule has 13 heteroatoms. The Hall–Kier alpha value is -3.97. The monoisotopic (exact) mass is 530 g/mol. The summed E-state index contributed by atoms with van der Waals surface area (Å²) in [7, 11) is -4.21. The van der Waals surface area contributed by atoms with E-state index in [1.807, 2.05) is 0 Å². The second kappa shape index (κ2) is 9.48. The highest BCUT2D eigenvalue weighted by Gasteiger charge is 2.29.